The minimum atomic E-state index is -3.96. The lowest BCUT2D eigenvalue weighted by atomic mass is 10.1. The molecule has 2 amide bonds. The maximum Gasteiger partial charge on any atom is 0.328 e. The Morgan fingerprint density at radius 1 is 1.00 bits per heavy atom. The van der Waals surface area contributed by atoms with Crippen molar-refractivity contribution < 1.29 is 13.2 Å². The van der Waals surface area contributed by atoms with Crippen LogP contribution in [0, 0.1) is 13.8 Å². The smallest absolute Gasteiger partial charge is 0.328 e. The van der Waals surface area contributed by atoms with Crippen LogP contribution in [0.2, 0.25) is 0 Å². The Labute approximate surface area is 210 Å². The Balaban J connectivity index is 1.39. The summed E-state index contributed by atoms with van der Waals surface area (Å²) in [6, 6.07) is 15.3. The predicted octanol–water partition coefficient (Wildman–Crippen LogP) is 3.29. The van der Waals surface area contributed by atoms with Crippen LogP contribution in [-0.4, -0.2) is 35.5 Å². The number of rotatable bonds is 8. The number of pyridine rings is 1. The summed E-state index contributed by atoms with van der Waals surface area (Å²) in [6.45, 7) is 6.68. The van der Waals surface area contributed by atoms with Crippen LogP contribution in [0.25, 0.3) is 16.9 Å². The van der Waals surface area contributed by atoms with Gasteiger partial charge in [0.25, 0.3) is 10.0 Å². The van der Waals surface area contributed by atoms with Gasteiger partial charge in [0.2, 0.25) is 0 Å². The second kappa shape index (κ2) is 10.5. The van der Waals surface area contributed by atoms with Crippen molar-refractivity contribution in [3.63, 3.8) is 0 Å². The lowest BCUT2D eigenvalue weighted by Gasteiger charge is -2.11. The van der Waals surface area contributed by atoms with Gasteiger partial charge in [-0.3, -0.25) is 4.57 Å². The highest BCUT2D eigenvalue weighted by Gasteiger charge is 2.17. The molecule has 0 spiro atoms. The van der Waals surface area contributed by atoms with E-state index < -0.39 is 16.1 Å². The number of nitrogens with zero attached hydrogens (tertiary/aromatic N) is 3. The summed E-state index contributed by atoms with van der Waals surface area (Å²) in [5.74, 6) is 0.937. The van der Waals surface area contributed by atoms with E-state index in [9.17, 15) is 13.2 Å². The molecule has 4 rings (SSSR count). The lowest BCUT2D eigenvalue weighted by molar-refractivity contribution is 0.246. The maximum atomic E-state index is 12.4. The molecule has 36 heavy (non-hydrogen) atoms. The number of hydrogen-bond donors (Lipinski definition) is 3. The third kappa shape index (κ3) is 5.39. The number of nitrogens with two attached hydrogens (primary N) is 1. The van der Waals surface area contributed by atoms with Gasteiger partial charge in [-0.2, -0.15) is 0 Å². The molecule has 0 saturated carbocycles. The first kappa shape index (κ1) is 25.3. The van der Waals surface area contributed by atoms with Gasteiger partial charge in [-0.05, 0) is 67.3 Å². The van der Waals surface area contributed by atoms with Gasteiger partial charge in [0.05, 0.1) is 4.90 Å². The van der Waals surface area contributed by atoms with E-state index in [1.165, 1.54) is 12.1 Å². The Morgan fingerprint density at radius 3 is 2.31 bits per heavy atom. The topological polar surface area (TPSA) is 132 Å². The number of aryl methyl sites for hydroxylation is 3. The van der Waals surface area contributed by atoms with Gasteiger partial charge in [-0.15, -0.1) is 0 Å². The molecule has 0 fully saturated rings. The van der Waals surface area contributed by atoms with Gasteiger partial charge >= 0.3 is 6.03 Å². The number of fused-ring (bicyclic) bond motifs is 1. The second-order valence-corrected chi connectivity index (χ2v) is 10.3. The van der Waals surface area contributed by atoms with E-state index >= 15 is 0 Å². The normalized spacial score (nSPS) is 11.6. The standard InChI is InChI=1S/C26H30N6O3S/c1-4-24-30-23-15-17(2)18(3)29-25(23)32(24)21-9-5-19(6-10-21)13-14-28-26(33)31-36(34,35)22-11-7-20(16-27)8-12-22/h5-12,15H,4,13-14,16,27H2,1-3H3,(H2,28,31,33). The van der Waals surface area contributed by atoms with Crippen LogP contribution in [0.4, 0.5) is 4.79 Å². The maximum absolute atomic E-state index is 12.4. The average molecular weight is 507 g/mol. The first-order valence-corrected chi connectivity index (χ1v) is 13.2. The largest absolute Gasteiger partial charge is 0.337 e. The highest BCUT2D eigenvalue weighted by molar-refractivity contribution is 7.90. The molecule has 4 aromatic rings. The highest BCUT2D eigenvalue weighted by Crippen LogP contribution is 2.23. The summed E-state index contributed by atoms with van der Waals surface area (Å²) in [7, 11) is -3.96. The van der Waals surface area contributed by atoms with Gasteiger partial charge in [0.1, 0.15) is 11.3 Å². The number of urea groups is 1. The Morgan fingerprint density at radius 2 is 1.67 bits per heavy atom. The van der Waals surface area contributed by atoms with Crippen molar-refractivity contribution in [1.29, 1.82) is 0 Å². The van der Waals surface area contributed by atoms with Crippen molar-refractivity contribution in [2.24, 2.45) is 5.73 Å². The van der Waals surface area contributed by atoms with Gasteiger partial charge < -0.3 is 11.1 Å². The van der Waals surface area contributed by atoms with Crippen LogP contribution in [0.5, 0.6) is 0 Å². The van der Waals surface area contributed by atoms with Crippen molar-refractivity contribution in [3.05, 3.63) is 82.8 Å². The number of hydrogen-bond acceptors (Lipinski definition) is 6. The van der Waals surface area contributed by atoms with Gasteiger partial charge in [-0.1, -0.05) is 31.2 Å². The van der Waals surface area contributed by atoms with Gasteiger partial charge in [0.15, 0.2) is 5.65 Å². The minimum absolute atomic E-state index is 0.00348. The summed E-state index contributed by atoms with van der Waals surface area (Å²) in [5, 5.41) is 2.60. The van der Waals surface area contributed by atoms with Crippen molar-refractivity contribution in [2.75, 3.05) is 6.54 Å². The molecule has 0 bridgehead atoms. The van der Waals surface area contributed by atoms with E-state index in [4.69, 9.17) is 15.7 Å². The summed E-state index contributed by atoms with van der Waals surface area (Å²) in [4.78, 5) is 21.7. The number of benzene rings is 2. The molecule has 2 aromatic heterocycles. The van der Waals surface area contributed by atoms with E-state index in [0.717, 1.165) is 51.5 Å². The third-order valence-electron chi connectivity index (χ3n) is 6.05. The number of imidazole rings is 1. The molecule has 0 aliphatic heterocycles. The third-order valence-corrected chi connectivity index (χ3v) is 7.40. The Kier molecular flexibility index (Phi) is 7.37. The molecule has 0 radical (unpaired) electrons. The molecule has 0 aliphatic rings. The number of carbonyl (C=O) groups is 1. The van der Waals surface area contributed by atoms with E-state index in [1.54, 1.807) is 12.1 Å². The van der Waals surface area contributed by atoms with E-state index in [2.05, 4.69) is 22.9 Å². The number of nitrogens with one attached hydrogen (secondary N) is 2. The van der Waals surface area contributed by atoms with Crippen LogP contribution in [0.1, 0.15) is 35.1 Å². The molecule has 9 nitrogen and oxygen atoms in total. The first-order valence-electron chi connectivity index (χ1n) is 11.8. The van der Waals surface area contributed by atoms with Crippen LogP contribution < -0.4 is 15.8 Å². The molecular formula is C26H30N6O3S. The second-order valence-electron chi connectivity index (χ2n) is 8.58. The molecule has 188 valence electrons. The SMILES string of the molecule is CCc1nc2cc(C)c(C)nc2n1-c1ccc(CCNC(=O)NS(=O)(=O)c2ccc(CN)cc2)cc1. The summed E-state index contributed by atoms with van der Waals surface area (Å²) in [6.07, 6.45) is 1.32. The zero-order chi connectivity index (χ0) is 25.9. The zero-order valence-corrected chi connectivity index (χ0v) is 21.4. The van der Waals surface area contributed by atoms with Crippen molar-refractivity contribution in [1.82, 2.24) is 24.6 Å². The molecule has 0 aliphatic carbocycles. The highest BCUT2D eigenvalue weighted by atomic mass is 32.2. The minimum Gasteiger partial charge on any atom is -0.337 e. The van der Waals surface area contributed by atoms with Gasteiger partial charge in [0, 0.05) is 30.9 Å². The Bertz CT molecular complexity index is 1490. The van der Waals surface area contributed by atoms with Gasteiger partial charge in [-0.25, -0.2) is 27.9 Å². The molecule has 2 aromatic carbocycles. The fourth-order valence-electron chi connectivity index (χ4n) is 3.90. The fourth-order valence-corrected chi connectivity index (χ4v) is 4.83. The van der Waals surface area contributed by atoms with E-state index in [-0.39, 0.29) is 11.4 Å². The molecule has 0 atom stereocenters. The van der Waals surface area contributed by atoms with E-state index in [1.807, 2.05) is 42.8 Å². The van der Waals surface area contributed by atoms with Crippen molar-refractivity contribution >= 4 is 27.2 Å². The van der Waals surface area contributed by atoms with Crippen LogP contribution >= 0.6 is 0 Å². The summed E-state index contributed by atoms with van der Waals surface area (Å²) in [5.41, 5.74) is 12.1. The summed E-state index contributed by atoms with van der Waals surface area (Å²) >= 11 is 0. The van der Waals surface area contributed by atoms with Crippen LogP contribution in [-0.2, 0) is 29.4 Å². The van der Waals surface area contributed by atoms with Crippen LogP contribution in [0.15, 0.2) is 59.5 Å². The number of carbonyl (C=O) groups excluding carboxylic acids is 1. The Hall–Kier alpha value is -3.76. The number of sulfonamides is 1. The lowest BCUT2D eigenvalue weighted by Crippen LogP contribution is -2.40. The molecule has 0 saturated heterocycles. The zero-order valence-electron chi connectivity index (χ0n) is 20.6. The molecular weight excluding hydrogens is 476 g/mol. The first-order chi connectivity index (χ1) is 17.2. The predicted molar refractivity (Wildman–Crippen MR) is 139 cm³/mol. The fraction of sp³-hybridized carbons (Fsp3) is 0.269. The van der Waals surface area contributed by atoms with E-state index in [0.29, 0.717) is 13.0 Å². The molecule has 0 unspecified atom stereocenters. The quantitative estimate of drug-likeness (QED) is 0.336. The van der Waals surface area contributed by atoms with Crippen molar-refractivity contribution in [3.8, 4) is 5.69 Å². The molecule has 2 heterocycles. The molecule has 4 N–H and O–H groups in total. The average Bonchev–Trinajstić information content (AvgIpc) is 3.21. The van der Waals surface area contributed by atoms with Crippen LogP contribution in [0.3, 0.4) is 0 Å². The number of amides is 2. The summed E-state index contributed by atoms with van der Waals surface area (Å²) < 4.78 is 28.9. The monoisotopic (exact) mass is 506 g/mol. The number of aromatic nitrogens is 3. The molecule has 10 heteroatoms. The van der Waals surface area contributed by atoms with Crippen molar-refractivity contribution in [2.45, 2.75) is 45.1 Å².